The molecule has 4 nitrogen and oxygen atoms in total. The van der Waals surface area contributed by atoms with Crippen LogP contribution < -0.4 is 5.32 Å². The first-order valence-electron chi connectivity index (χ1n) is 7.40. The summed E-state index contributed by atoms with van der Waals surface area (Å²) in [5, 5.41) is 2.76. The Hall–Kier alpha value is -2.41. The van der Waals surface area contributed by atoms with Crippen LogP contribution in [0.3, 0.4) is 0 Å². The molecule has 3 rings (SSSR count). The summed E-state index contributed by atoms with van der Waals surface area (Å²) in [6.07, 6.45) is 0.579. The molecule has 0 atom stereocenters. The number of rotatable bonds is 6. The van der Waals surface area contributed by atoms with Crippen LogP contribution in [0.15, 0.2) is 47.4 Å². The molecule has 0 spiro atoms. The molecule has 0 aliphatic rings. The number of para-hydroxylation sites is 2. The molecule has 1 heterocycles. The minimum Gasteiger partial charge on any atom is -0.355 e. The Morgan fingerprint density at radius 3 is 2.83 bits per heavy atom. The molecule has 2 aromatic carbocycles. The second-order valence-electron chi connectivity index (χ2n) is 5.16. The lowest BCUT2D eigenvalue weighted by Gasteiger charge is -2.05. The van der Waals surface area contributed by atoms with E-state index in [9.17, 15) is 13.6 Å². The second-order valence-corrected chi connectivity index (χ2v) is 6.18. The molecule has 7 heteroatoms. The monoisotopic (exact) mass is 347 g/mol. The summed E-state index contributed by atoms with van der Waals surface area (Å²) in [5.41, 5.74) is 1.85. The van der Waals surface area contributed by atoms with E-state index >= 15 is 0 Å². The van der Waals surface area contributed by atoms with E-state index in [-0.39, 0.29) is 16.6 Å². The number of carbonyl (C=O) groups is 1. The summed E-state index contributed by atoms with van der Waals surface area (Å²) >= 11 is 1.04. The van der Waals surface area contributed by atoms with E-state index in [2.05, 4.69) is 15.3 Å². The van der Waals surface area contributed by atoms with E-state index in [1.54, 1.807) is 0 Å². The molecule has 0 aliphatic carbocycles. The second kappa shape index (κ2) is 7.44. The summed E-state index contributed by atoms with van der Waals surface area (Å²) in [6.45, 7) is 0.436. The van der Waals surface area contributed by atoms with Crippen molar-refractivity contribution in [2.45, 2.75) is 11.3 Å². The summed E-state index contributed by atoms with van der Waals surface area (Å²) < 4.78 is 26.3. The quantitative estimate of drug-likeness (QED) is 0.673. The molecule has 0 saturated carbocycles. The van der Waals surface area contributed by atoms with Crippen molar-refractivity contribution in [3.8, 4) is 0 Å². The highest BCUT2D eigenvalue weighted by molar-refractivity contribution is 8.00. The zero-order valence-electron chi connectivity index (χ0n) is 12.7. The van der Waals surface area contributed by atoms with Crippen LogP contribution in [0.2, 0.25) is 0 Å². The van der Waals surface area contributed by atoms with E-state index in [0.717, 1.165) is 34.7 Å². The molecule has 0 bridgehead atoms. The Kier molecular flexibility index (Phi) is 5.10. The van der Waals surface area contributed by atoms with Crippen molar-refractivity contribution in [1.82, 2.24) is 15.3 Å². The van der Waals surface area contributed by atoms with E-state index < -0.39 is 11.6 Å². The molecule has 0 radical (unpaired) electrons. The van der Waals surface area contributed by atoms with Gasteiger partial charge in [0, 0.05) is 23.9 Å². The molecule has 0 fully saturated rings. The normalized spacial score (nSPS) is 10.9. The van der Waals surface area contributed by atoms with E-state index in [1.165, 1.54) is 12.1 Å². The number of fused-ring (bicyclic) bond motifs is 1. The lowest BCUT2D eigenvalue weighted by Crippen LogP contribution is -2.27. The minimum atomic E-state index is -0.657. The van der Waals surface area contributed by atoms with Gasteiger partial charge in [-0.1, -0.05) is 12.1 Å². The average Bonchev–Trinajstić information content (AvgIpc) is 2.96. The number of imidazole rings is 1. The van der Waals surface area contributed by atoms with Gasteiger partial charge in [0.05, 0.1) is 16.8 Å². The molecule has 0 aliphatic heterocycles. The number of aromatic amines is 1. The van der Waals surface area contributed by atoms with Gasteiger partial charge >= 0.3 is 0 Å². The summed E-state index contributed by atoms with van der Waals surface area (Å²) in [4.78, 5) is 19.7. The number of halogens is 2. The van der Waals surface area contributed by atoms with Crippen molar-refractivity contribution in [3.05, 3.63) is 59.9 Å². The van der Waals surface area contributed by atoms with Crippen molar-refractivity contribution >= 4 is 28.7 Å². The lowest BCUT2D eigenvalue weighted by molar-refractivity contribution is -0.118. The smallest absolute Gasteiger partial charge is 0.230 e. The third-order valence-electron chi connectivity index (χ3n) is 3.38. The number of thioether (sulfide) groups is 1. The Labute approximate surface area is 141 Å². The highest BCUT2D eigenvalue weighted by Crippen LogP contribution is 2.21. The van der Waals surface area contributed by atoms with Gasteiger partial charge in [-0.25, -0.2) is 13.8 Å². The fourth-order valence-corrected chi connectivity index (χ4v) is 2.98. The van der Waals surface area contributed by atoms with Gasteiger partial charge in [-0.05, 0) is 24.3 Å². The van der Waals surface area contributed by atoms with Crippen LogP contribution in [-0.2, 0) is 11.2 Å². The SMILES string of the molecule is O=C(CSc1ccc(F)cc1F)NCCc1nc2ccccc2[nH]1. The number of hydrogen-bond donors (Lipinski definition) is 2. The van der Waals surface area contributed by atoms with Crippen LogP contribution in [0.25, 0.3) is 11.0 Å². The van der Waals surface area contributed by atoms with Crippen LogP contribution >= 0.6 is 11.8 Å². The lowest BCUT2D eigenvalue weighted by atomic mass is 10.3. The number of benzene rings is 2. The zero-order chi connectivity index (χ0) is 16.9. The average molecular weight is 347 g/mol. The van der Waals surface area contributed by atoms with Gasteiger partial charge in [0.2, 0.25) is 5.91 Å². The number of aromatic nitrogens is 2. The number of hydrogen-bond acceptors (Lipinski definition) is 3. The van der Waals surface area contributed by atoms with Crippen molar-refractivity contribution in [2.75, 3.05) is 12.3 Å². The number of H-pyrrole nitrogens is 1. The van der Waals surface area contributed by atoms with Crippen LogP contribution in [0.1, 0.15) is 5.82 Å². The van der Waals surface area contributed by atoms with Gasteiger partial charge in [-0.15, -0.1) is 11.8 Å². The maximum atomic E-state index is 13.5. The Morgan fingerprint density at radius 2 is 2.04 bits per heavy atom. The fraction of sp³-hybridized carbons (Fsp3) is 0.176. The van der Waals surface area contributed by atoms with Crippen LogP contribution in [0.5, 0.6) is 0 Å². The molecule has 2 N–H and O–H groups in total. The Morgan fingerprint density at radius 1 is 1.21 bits per heavy atom. The van der Waals surface area contributed by atoms with Crippen LogP contribution in [0.4, 0.5) is 8.78 Å². The third-order valence-corrected chi connectivity index (χ3v) is 4.42. The summed E-state index contributed by atoms with van der Waals surface area (Å²) in [6, 6.07) is 11.0. The van der Waals surface area contributed by atoms with Crippen LogP contribution in [0, 0.1) is 11.6 Å². The first kappa shape index (κ1) is 16.4. The molecule has 0 saturated heterocycles. The van der Waals surface area contributed by atoms with Crippen molar-refractivity contribution in [1.29, 1.82) is 0 Å². The molecule has 1 amide bonds. The van der Waals surface area contributed by atoms with E-state index in [4.69, 9.17) is 0 Å². The highest BCUT2D eigenvalue weighted by atomic mass is 32.2. The molecule has 0 unspecified atom stereocenters. The van der Waals surface area contributed by atoms with Gasteiger partial charge in [0.25, 0.3) is 0 Å². The summed E-state index contributed by atoms with van der Waals surface area (Å²) in [7, 11) is 0. The Bertz CT molecular complexity index is 833. The number of nitrogens with one attached hydrogen (secondary N) is 2. The van der Waals surface area contributed by atoms with Crippen molar-refractivity contribution in [2.24, 2.45) is 0 Å². The van der Waals surface area contributed by atoms with Gasteiger partial charge in [-0.2, -0.15) is 0 Å². The standard InChI is InChI=1S/C17H15F2N3OS/c18-11-5-6-15(12(19)9-11)24-10-17(23)20-8-7-16-21-13-3-1-2-4-14(13)22-16/h1-6,9H,7-8,10H2,(H,20,23)(H,21,22). The molecule has 3 aromatic rings. The number of amides is 1. The minimum absolute atomic E-state index is 0.0721. The first-order chi connectivity index (χ1) is 11.6. The van der Waals surface area contributed by atoms with Gasteiger partial charge < -0.3 is 10.3 Å². The third kappa shape index (κ3) is 4.11. The fourth-order valence-electron chi connectivity index (χ4n) is 2.23. The van der Waals surface area contributed by atoms with E-state index in [1.807, 2.05) is 24.3 Å². The molecular formula is C17H15F2N3OS. The molecule has 1 aromatic heterocycles. The molecular weight excluding hydrogens is 332 g/mol. The first-order valence-corrected chi connectivity index (χ1v) is 8.38. The van der Waals surface area contributed by atoms with E-state index in [0.29, 0.717) is 13.0 Å². The zero-order valence-corrected chi connectivity index (χ0v) is 13.5. The van der Waals surface area contributed by atoms with Gasteiger partial charge in [0.1, 0.15) is 17.5 Å². The predicted octanol–water partition coefficient (Wildman–Crippen LogP) is 3.29. The maximum absolute atomic E-state index is 13.5. The van der Waals surface area contributed by atoms with Crippen molar-refractivity contribution < 1.29 is 13.6 Å². The highest BCUT2D eigenvalue weighted by Gasteiger charge is 2.08. The molecule has 24 heavy (non-hydrogen) atoms. The number of nitrogens with zero attached hydrogens (tertiary/aromatic N) is 1. The van der Waals surface area contributed by atoms with Gasteiger partial charge in [-0.3, -0.25) is 4.79 Å². The largest absolute Gasteiger partial charge is 0.355 e. The molecule has 124 valence electrons. The topological polar surface area (TPSA) is 57.8 Å². The predicted molar refractivity (Wildman–Crippen MR) is 89.9 cm³/mol. The summed E-state index contributed by atoms with van der Waals surface area (Å²) in [5.74, 6) is -0.626. The Balaban J connectivity index is 1.45. The maximum Gasteiger partial charge on any atom is 0.230 e. The number of carbonyl (C=O) groups excluding carboxylic acids is 1. The van der Waals surface area contributed by atoms with Crippen molar-refractivity contribution in [3.63, 3.8) is 0 Å². The van der Waals surface area contributed by atoms with Gasteiger partial charge in [0.15, 0.2) is 0 Å². The van der Waals surface area contributed by atoms with Crippen LogP contribution in [-0.4, -0.2) is 28.2 Å².